The number of aryl methyl sites for hydroxylation is 1. The van der Waals surface area contributed by atoms with Crippen molar-refractivity contribution in [2.45, 2.75) is 52.5 Å². The molecule has 0 saturated heterocycles. The standard InChI is InChI=1S/C23H30N2O2S/c1-4-6-13-24(21(26)5-2)16-22(27)25-14-11-20-19(12-15-28-20)23(25)18-10-8-7-9-17(18)3/h7-10,12,15,23H,4-6,11,13-14,16H2,1-3H3. The van der Waals surface area contributed by atoms with E-state index in [-0.39, 0.29) is 24.4 Å². The minimum Gasteiger partial charge on any atom is -0.333 e. The molecule has 1 aromatic heterocycles. The van der Waals surface area contributed by atoms with Crippen molar-refractivity contribution >= 4 is 23.2 Å². The van der Waals surface area contributed by atoms with Gasteiger partial charge in [-0.2, -0.15) is 0 Å². The van der Waals surface area contributed by atoms with Crippen LogP contribution in [-0.4, -0.2) is 41.2 Å². The third-order valence-corrected chi connectivity index (χ3v) is 6.53. The summed E-state index contributed by atoms with van der Waals surface area (Å²) < 4.78 is 0. The van der Waals surface area contributed by atoms with Gasteiger partial charge in [0.05, 0.1) is 12.6 Å². The summed E-state index contributed by atoms with van der Waals surface area (Å²) >= 11 is 1.77. The smallest absolute Gasteiger partial charge is 0.242 e. The molecule has 1 aromatic carbocycles. The molecule has 1 aliphatic heterocycles. The van der Waals surface area contributed by atoms with Crippen LogP contribution >= 0.6 is 11.3 Å². The van der Waals surface area contributed by atoms with E-state index in [0.29, 0.717) is 19.5 Å². The molecule has 2 aromatic rings. The van der Waals surface area contributed by atoms with Crippen LogP contribution in [0.2, 0.25) is 0 Å². The minimum atomic E-state index is -0.0616. The maximum Gasteiger partial charge on any atom is 0.242 e. The first-order chi connectivity index (χ1) is 13.6. The Labute approximate surface area is 172 Å². The van der Waals surface area contributed by atoms with Crippen LogP contribution in [0.25, 0.3) is 0 Å². The Balaban J connectivity index is 1.89. The van der Waals surface area contributed by atoms with Gasteiger partial charge >= 0.3 is 0 Å². The maximum absolute atomic E-state index is 13.4. The van der Waals surface area contributed by atoms with Gasteiger partial charge in [0.2, 0.25) is 11.8 Å². The molecule has 0 radical (unpaired) electrons. The molecule has 0 saturated carbocycles. The fourth-order valence-corrected chi connectivity index (χ4v) is 4.84. The van der Waals surface area contributed by atoms with Gasteiger partial charge in [-0.05, 0) is 47.9 Å². The molecule has 3 rings (SSSR count). The molecule has 150 valence electrons. The van der Waals surface area contributed by atoms with Gasteiger partial charge < -0.3 is 9.80 Å². The number of nitrogens with zero attached hydrogens (tertiary/aromatic N) is 2. The topological polar surface area (TPSA) is 40.6 Å². The molecule has 0 fully saturated rings. The Kier molecular flexibility index (Phi) is 6.89. The van der Waals surface area contributed by atoms with Crippen molar-refractivity contribution in [3.05, 3.63) is 57.3 Å². The monoisotopic (exact) mass is 398 g/mol. The zero-order valence-corrected chi connectivity index (χ0v) is 17.9. The van der Waals surface area contributed by atoms with Crippen LogP contribution in [0.15, 0.2) is 35.7 Å². The molecule has 0 spiro atoms. The molecular formula is C23H30N2O2S. The van der Waals surface area contributed by atoms with Crippen LogP contribution in [-0.2, 0) is 16.0 Å². The first-order valence-electron chi connectivity index (χ1n) is 10.3. The summed E-state index contributed by atoms with van der Waals surface area (Å²) in [5.74, 6) is 0.102. The quantitative estimate of drug-likeness (QED) is 0.685. The molecule has 0 aliphatic carbocycles. The van der Waals surface area contributed by atoms with Gasteiger partial charge in [-0.1, -0.05) is 44.5 Å². The lowest BCUT2D eigenvalue weighted by Gasteiger charge is -2.38. The lowest BCUT2D eigenvalue weighted by Crippen LogP contribution is -2.47. The van der Waals surface area contributed by atoms with Crippen LogP contribution in [0.3, 0.4) is 0 Å². The van der Waals surface area contributed by atoms with Gasteiger partial charge in [0.15, 0.2) is 0 Å². The predicted octanol–water partition coefficient (Wildman–Crippen LogP) is 4.57. The summed E-state index contributed by atoms with van der Waals surface area (Å²) in [6, 6.07) is 10.4. The number of fused-ring (bicyclic) bond motifs is 1. The lowest BCUT2D eigenvalue weighted by atomic mass is 9.90. The molecule has 1 atom stereocenters. The second-order valence-corrected chi connectivity index (χ2v) is 8.42. The summed E-state index contributed by atoms with van der Waals surface area (Å²) in [6.45, 7) is 7.60. The first-order valence-corrected chi connectivity index (χ1v) is 11.1. The molecule has 1 aliphatic rings. The van der Waals surface area contributed by atoms with E-state index in [9.17, 15) is 9.59 Å². The fourth-order valence-electron chi connectivity index (χ4n) is 3.93. The Morgan fingerprint density at radius 2 is 1.96 bits per heavy atom. The second kappa shape index (κ2) is 9.37. The number of carbonyl (C=O) groups is 2. The summed E-state index contributed by atoms with van der Waals surface area (Å²) in [6.07, 6.45) is 3.26. The average Bonchev–Trinajstić information content (AvgIpc) is 3.19. The van der Waals surface area contributed by atoms with Crippen molar-refractivity contribution in [3.8, 4) is 0 Å². The van der Waals surface area contributed by atoms with Gasteiger partial charge in [-0.3, -0.25) is 9.59 Å². The molecule has 5 heteroatoms. The Bertz CT molecular complexity index is 830. The lowest BCUT2D eigenvalue weighted by molar-refractivity contribution is -0.141. The second-order valence-electron chi connectivity index (χ2n) is 7.42. The van der Waals surface area contributed by atoms with Crippen molar-refractivity contribution in [1.29, 1.82) is 0 Å². The number of amides is 2. The highest BCUT2D eigenvalue weighted by molar-refractivity contribution is 7.10. The molecule has 2 amide bonds. The van der Waals surface area contributed by atoms with Crippen LogP contribution in [0, 0.1) is 6.92 Å². The van der Waals surface area contributed by atoms with E-state index in [1.807, 2.05) is 24.0 Å². The number of thiophene rings is 1. The number of hydrogen-bond donors (Lipinski definition) is 0. The molecule has 0 bridgehead atoms. The van der Waals surface area contributed by atoms with E-state index in [4.69, 9.17) is 0 Å². The normalized spacial score (nSPS) is 16.0. The summed E-state index contributed by atoms with van der Waals surface area (Å²) in [5, 5.41) is 2.12. The van der Waals surface area contributed by atoms with Gasteiger partial charge in [0.1, 0.15) is 0 Å². The molecule has 2 heterocycles. The van der Waals surface area contributed by atoms with E-state index in [2.05, 4.69) is 37.4 Å². The third kappa shape index (κ3) is 4.30. The van der Waals surface area contributed by atoms with Crippen molar-refractivity contribution in [2.75, 3.05) is 19.6 Å². The predicted molar refractivity (Wildman–Crippen MR) is 115 cm³/mol. The Morgan fingerprint density at radius 3 is 2.68 bits per heavy atom. The summed E-state index contributed by atoms with van der Waals surface area (Å²) in [4.78, 5) is 30.8. The van der Waals surface area contributed by atoms with E-state index < -0.39 is 0 Å². The minimum absolute atomic E-state index is 0.0445. The van der Waals surface area contributed by atoms with Crippen molar-refractivity contribution in [2.24, 2.45) is 0 Å². The van der Waals surface area contributed by atoms with E-state index in [1.165, 1.54) is 21.6 Å². The van der Waals surface area contributed by atoms with Crippen LogP contribution in [0.5, 0.6) is 0 Å². The van der Waals surface area contributed by atoms with Gasteiger partial charge in [0.25, 0.3) is 0 Å². The molecule has 0 N–H and O–H groups in total. The van der Waals surface area contributed by atoms with Gasteiger partial charge in [0, 0.05) is 24.4 Å². The zero-order valence-electron chi connectivity index (χ0n) is 17.1. The van der Waals surface area contributed by atoms with Crippen LogP contribution < -0.4 is 0 Å². The van der Waals surface area contributed by atoms with Gasteiger partial charge in [-0.15, -0.1) is 11.3 Å². The average molecular weight is 399 g/mol. The summed E-state index contributed by atoms with van der Waals surface area (Å²) in [5.41, 5.74) is 3.61. The van der Waals surface area contributed by atoms with E-state index in [0.717, 1.165) is 19.3 Å². The number of unbranched alkanes of at least 4 members (excludes halogenated alkanes) is 1. The largest absolute Gasteiger partial charge is 0.333 e. The van der Waals surface area contributed by atoms with Crippen LogP contribution in [0.4, 0.5) is 0 Å². The van der Waals surface area contributed by atoms with Crippen molar-refractivity contribution in [1.82, 2.24) is 9.80 Å². The first kappa shape index (κ1) is 20.6. The maximum atomic E-state index is 13.4. The number of rotatable bonds is 7. The highest BCUT2D eigenvalue weighted by Crippen LogP contribution is 2.38. The van der Waals surface area contributed by atoms with E-state index in [1.54, 1.807) is 16.2 Å². The third-order valence-electron chi connectivity index (χ3n) is 5.53. The zero-order chi connectivity index (χ0) is 20.1. The Morgan fingerprint density at radius 1 is 1.18 bits per heavy atom. The fraction of sp³-hybridized carbons (Fsp3) is 0.478. The van der Waals surface area contributed by atoms with Crippen molar-refractivity contribution < 1.29 is 9.59 Å². The highest BCUT2D eigenvalue weighted by atomic mass is 32.1. The highest BCUT2D eigenvalue weighted by Gasteiger charge is 2.34. The molecule has 1 unspecified atom stereocenters. The van der Waals surface area contributed by atoms with E-state index >= 15 is 0 Å². The van der Waals surface area contributed by atoms with Crippen molar-refractivity contribution in [3.63, 3.8) is 0 Å². The molecule has 4 nitrogen and oxygen atoms in total. The number of hydrogen-bond acceptors (Lipinski definition) is 3. The molecule has 28 heavy (non-hydrogen) atoms. The SMILES string of the molecule is CCCCN(CC(=O)N1CCc2sccc2C1c1ccccc1C)C(=O)CC. The van der Waals surface area contributed by atoms with Gasteiger partial charge in [-0.25, -0.2) is 0 Å². The Hall–Kier alpha value is -2.14. The van der Waals surface area contributed by atoms with Crippen LogP contribution in [0.1, 0.15) is 60.7 Å². The molecular weight excluding hydrogens is 368 g/mol. The number of benzene rings is 1. The number of carbonyl (C=O) groups excluding carboxylic acids is 2. The summed E-state index contributed by atoms with van der Waals surface area (Å²) in [7, 11) is 0.